The Labute approximate surface area is 215 Å². The van der Waals surface area contributed by atoms with E-state index in [2.05, 4.69) is 11.9 Å². The van der Waals surface area contributed by atoms with Gasteiger partial charge in [-0.25, -0.2) is 4.79 Å². The van der Waals surface area contributed by atoms with Crippen LogP contribution in [0.3, 0.4) is 0 Å². The largest absolute Gasteiger partial charge is 0.445 e. The van der Waals surface area contributed by atoms with Crippen LogP contribution in [0, 0.1) is 0 Å². The summed E-state index contributed by atoms with van der Waals surface area (Å²) in [5, 5.41) is 2.68. The average molecular weight is 538 g/mol. The summed E-state index contributed by atoms with van der Waals surface area (Å²) in [7, 11) is 0. The summed E-state index contributed by atoms with van der Waals surface area (Å²) in [6, 6.07) is 18.6. The number of amides is 1. The molecule has 3 aromatic rings. The summed E-state index contributed by atoms with van der Waals surface area (Å²) in [5.74, 6) is 0. The standard InChI is InChI=1S/C28H25F6NO3/c1-3-26(22-12-8-5-9-13-22,35-25(36)37-17-20-10-6-4-7-11-20)18-38-19(2)21-14-23(27(29,30)31)16-24(15-21)28(32,33)34/h3-16,19H,1,17-18H2,2H3,(H,35,36)/t19-,26?/m1/s1. The van der Waals surface area contributed by atoms with Gasteiger partial charge in [-0.05, 0) is 41.8 Å². The lowest BCUT2D eigenvalue weighted by Gasteiger charge is -2.33. The molecule has 0 aliphatic rings. The lowest BCUT2D eigenvalue weighted by Crippen LogP contribution is -2.48. The van der Waals surface area contributed by atoms with Gasteiger partial charge in [-0.15, -0.1) is 6.58 Å². The number of ether oxygens (including phenoxy) is 2. The molecule has 0 aliphatic carbocycles. The van der Waals surface area contributed by atoms with Gasteiger partial charge in [0.05, 0.1) is 23.8 Å². The third-order valence-electron chi connectivity index (χ3n) is 5.82. The highest BCUT2D eigenvalue weighted by molar-refractivity contribution is 5.69. The fourth-order valence-corrected chi connectivity index (χ4v) is 3.66. The molecule has 0 aliphatic heterocycles. The number of hydrogen-bond donors (Lipinski definition) is 1. The Kier molecular flexibility index (Phi) is 8.88. The zero-order chi connectivity index (χ0) is 28.0. The Bertz CT molecular complexity index is 1200. The van der Waals surface area contributed by atoms with Crippen molar-refractivity contribution in [2.75, 3.05) is 6.61 Å². The number of halogens is 6. The molecule has 3 aromatic carbocycles. The number of carbonyl (C=O) groups excluding carboxylic acids is 1. The van der Waals surface area contributed by atoms with Gasteiger partial charge in [0.2, 0.25) is 0 Å². The molecule has 1 amide bonds. The second kappa shape index (κ2) is 11.7. The maximum absolute atomic E-state index is 13.3. The van der Waals surface area contributed by atoms with Crippen molar-refractivity contribution in [3.05, 3.63) is 119 Å². The predicted octanol–water partition coefficient (Wildman–Crippen LogP) is 7.81. The van der Waals surface area contributed by atoms with Crippen molar-refractivity contribution < 1.29 is 40.6 Å². The Morgan fingerprint density at radius 2 is 1.39 bits per heavy atom. The van der Waals surface area contributed by atoms with Crippen LogP contribution in [0.1, 0.15) is 40.8 Å². The number of alkyl carbamates (subject to hydrolysis) is 1. The highest BCUT2D eigenvalue weighted by Crippen LogP contribution is 2.38. The van der Waals surface area contributed by atoms with E-state index in [1.807, 2.05) is 6.07 Å². The van der Waals surface area contributed by atoms with Gasteiger partial charge in [0, 0.05) is 0 Å². The molecule has 0 saturated heterocycles. The quantitative estimate of drug-likeness (QED) is 0.224. The van der Waals surface area contributed by atoms with Crippen molar-refractivity contribution >= 4 is 6.09 Å². The van der Waals surface area contributed by atoms with Gasteiger partial charge in [-0.1, -0.05) is 66.7 Å². The third-order valence-corrected chi connectivity index (χ3v) is 5.82. The summed E-state index contributed by atoms with van der Waals surface area (Å²) in [6.45, 7) is 4.71. The first-order chi connectivity index (χ1) is 17.8. The first-order valence-electron chi connectivity index (χ1n) is 11.4. The molecule has 0 radical (unpaired) electrons. The minimum absolute atomic E-state index is 0.0313. The van der Waals surface area contributed by atoms with Crippen molar-refractivity contribution in [3.8, 4) is 0 Å². The van der Waals surface area contributed by atoms with Crippen LogP contribution in [0.25, 0.3) is 0 Å². The molecule has 10 heteroatoms. The molecule has 0 spiro atoms. The number of nitrogens with one attached hydrogen (secondary N) is 1. The van der Waals surface area contributed by atoms with Gasteiger partial charge in [-0.2, -0.15) is 26.3 Å². The number of carbonyl (C=O) groups is 1. The fraction of sp³-hybridized carbons (Fsp3) is 0.250. The van der Waals surface area contributed by atoms with Crippen LogP contribution in [-0.2, 0) is 34.0 Å². The normalized spacial score (nSPS) is 14.3. The molecule has 1 N–H and O–H groups in total. The molecule has 2 atom stereocenters. The molecule has 202 valence electrons. The molecular formula is C28H25F6NO3. The Morgan fingerprint density at radius 1 is 0.868 bits per heavy atom. The molecule has 0 fully saturated rings. The van der Waals surface area contributed by atoms with E-state index in [1.165, 1.54) is 13.0 Å². The second-order valence-electron chi connectivity index (χ2n) is 8.52. The van der Waals surface area contributed by atoms with Crippen LogP contribution in [-0.4, -0.2) is 12.7 Å². The highest BCUT2D eigenvalue weighted by atomic mass is 19.4. The van der Waals surface area contributed by atoms with E-state index in [0.717, 1.165) is 5.56 Å². The fourth-order valence-electron chi connectivity index (χ4n) is 3.66. The van der Waals surface area contributed by atoms with E-state index in [4.69, 9.17) is 9.47 Å². The number of benzene rings is 3. The van der Waals surface area contributed by atoms with E-state index >= 15 is 0 Å². The van der Waals surface area contributed by atoms with Crippen molar-refractivity contribution in [2.45, 2.75) is 37.5 Å². The van der Waals surface area contributed by atoms with E-state index in [1.54, 1.807) is 54.6 Å². The topological polar surface area (TPSA) is 47.6 Å². The number of hydrogen-bond acceptors (Lipinski definition) is 3. The van der Waals surface area contributed by atoms with Gasteiger partial charge in [-0.3, -0.25) is 0 Å². The minimum Gasteiger partial charge on any atom is -0.445 e. The van der Waals surface area contributed by atoms with Gasteiger partial charge < -0.3 is 14.8 Å². The maximum Gasteiger partial charge on any atom is 0.416 e. The van der Waals surface area contributed by atoms with Crippen molar-refractivity contribution in [1.82, 2.24) is 5.32 Å². The summed E-state index contributed by atoms with van der Waals surface area (Å²) >= 11 is 0. The zero-order valence-corrected chi connectivity index (χ0v) is 20.3. The summed E-state index contributed by atoms with van der Waals surface area (Å²) in [4.78, 5) is 12.7. The van der Waals surface area contributed by atoms with Gasteiger partial charge in [0.25, 0.3) is 0 Å². The molecule has 38 heavy (non-hydrogen) atoms. The van der Waals surface area contributed by atoms with Gasteiger partial charge in [0.1, 0.15) is 12.1 Å². The molecule has 3 rings (SSSR count). The van der Waals surface area contributed by atoms with Crippen LogP contribution < -0.4 is 5.32 Å². The van der Waals surface area contributed by atoms with E-state index in [9.17, 15) is 31.1 Å². The summed E-state index contributed by atoms with van der Waals surface area (Å²) < 4.78 is 90.9. The van der Waals surface area contributed by atoms with Crippen molar-refractivity contribution in [1.29, 1.82) is 0 Å². The Balaban J connectivity index is 1.85. The molecule has 1 unspecified atom stereocenters. The summed E-state index contributed by atoms with van der Waals surface area (Å²) in [5.41, 5.74) is -3.38. The van der Waals surface area contributed by atoms with Crippen molar-refractivity contribution in [2.24, 2.45) is 0 Å². The molecule has 0 bridgehead atoms. The molecular weight excluding hydrogens is 512 g/mol. The molecule has 0 aromatic heterocycles. The van der Waals surface area contributed by atoms with E-state index < -0.39 is 41.2 Å². The van der Waals surface area contributed by atoms with Crippen LogP contribution in [0.2, 0.25) is 0 Å². The number of rotatable bonds is 9. The smallest absolute Gasteiger partial charge is 0.416 e. The van der Waals surface area contributed by atoms with E-state index in [-0.39, 0.29) is 24.8 Å². The monoisotopic (exact) mass is 537 g/mol. The SMILES string of the molecule is C=CC(CO[C@H](C)c1cc(C(F)(F)F)cc(C(F)(F)F)c1)(NC(=O)OCc1ccccc1)c1ccccc1. The number of alkyl halides is 6. The Hall–Kier alpha value is -3.79. The van der Waals surface area contributed by atoms with Gasteiger partial charge in [0.15, 0.2) is 0 Å². The first-order valence-corrected chi connectivity index (χ1v) is 11.4. The first kappa shape index (κ1) is 28.8. The zero-order valence-electron chi connectivity index (χ0n) is 20.3. The van der Waals surface area contributed by atoms with E-state index in [0.29, 0.717) is 17.7 Å². The minimum atomic E-state index is -4.99. The lowest BCUT2D eigenvalue weighted by molar-refractivity contribution is -0.143. The second-order valence-corrected chi connectivity index (χ2v) is 8.52. The molecule has 0 saturated carbocycles. The maximum atomic E-state index is 13.3. The van der Waals surface area contributed by atoms with Crippen LogP contribution in [0.4, 0.5) is 31.1 Å². The van der Waals surface area contributed by atoms with Crippen molar-refractivity contribution in [3.63, 3.8) is 0 Å². The van der Waals surface area contributed by atoms with Crippen LogP contribution >= 0.6 is 0 Å². The van der Waals surface area contributed by atoms with Gasteiger partial charge >= 0.3 is 18.4 Å². The summed E-state index contributed by atoms with van der Waals surface area (Å²) in [6.07, 6.45) is -10.6. The third kappa shape index (κ3) is 7.38. The average Bonchev–Trinajstić information content (AvgIpc) is 2.89. The van der Waals surface area contributed by atoms with Crippen LogP contribution in [0.5, 0.6) is 0 Å². The highest BCUT2D eigenvalue weighted by Gasteiger charge is 2.38. The van der Waals surface area contributed by atoms with Crippen LogP contribution in [0.15, 0.2) is 91.5 Å². The Morgan fingerprint density at radius 3 is 1.89 bits per heavy atom. The molecule has 0 heterocycles. The predicted molar refractivity (Wildman–Crippen MR) is 129 cm³/mol. The molecule has 4 nitrogen and oxygen atoms in total. The lowest BCUT2D eigenvalue weighted by atomic mass is 9.90.